The molecule has 0 saturated heterocycles. The van der Waals surface area contributed by atoms with E-state index in [1.54, 1.807) is 26.0 Å². The van der Waals surface area contributed by atoms with Crippen LogP contribution in [0.25, 0.3) is 0 Å². The molecule has 1 rings (SSSR count). The van der Waals surface area contributed by atoms with E-state index in [0.717, 1.165) is 0 Å². The summed E-state index contributed by atoms with van der Waals surface area (Å²) in [6.07, 6.45) is 0.528. The Morgan fingerprint density at radius 3 is 2.23 bits per heavy atom. The summed E-state index contributed by atoms with van der Waals surface area (Å²) >= 11 is 0. The predicted octanol–water partition coefficient (Wildman–Crippen LogP) is 2.02. The van der Waals surface area contributed by atoms with Gasteiger partial charge in [0.2, 0.25) is 0 Å². The van der Waals surface area contributed by atoms with E-state index >= 15 is 0 Å². The van der Waals surface area contributed by atoms with Crippen molar-refractivity contribution in [3.05, 3.63) is 38.9 Å². The minimum absolute atomic E-state index is 0.0880. The average Bonchev–Trinajstić information content (AvgIpc) is 2.07. The van der Waals surface area contributed by atoms with Gasteiger partial charge < -0.3 is 0 Å². The maximum absolute atomic E-state index is 10.6. The normalized spacial score (nSPS) is 9.69. The maximum Gasteiger partial charge on any atom is 0.283 e. The molecule has 0 aromatic heterocycles. The third-order valence-corrected chi connectivity index (χ3v) is 1.94. The first-order valence-corrected chi connectivity index (χ1v) is 3.77. The lowest BCUT2D eigenvalue weighted by Gasteiger charge is -2.02. The molecule has 0 radical (unpaired) electrons. The molecule has 0 aliphatic carbocycles. The number of hydrogen-bond acceptors (Lipinski definition) is 3. The van der Waals surface area contributed by atoms with E-state index in [0.29, 0.717) is 17.4 Å². The Bertz CT molecular complexity index is 371. The molecule has 1 aromatic rings. The summed E-state index contributed by atoms with van der Waals surface area (Å²) in [4.78, 5) is 20.7. The molecule has 0 atom stereocenters. The van der Waals surface area contributed by atoms with Gasteiger partial charge in [0.05, 0.1) is 10.5 Å². The van der Waals surface area contributed by atoms with Crippen molar-refractivity contribution in [3.63, 3.8) is 0 Å². The lowest BCUT2D eigenvalue weighted by atomic mass is 10.0. The molecule has 0 aliphatic heterocycles. The standard InChI is InChI=1S/C9H9NO3/c1-6-3-4-7(2)9(10(12)13)8(6)5-11/h3-5H,1-2H3. The second-order valence-electron chi connectivity index (χ2n) is 2.84. The highest BCUT2D eigenvalue weighted by atomic mass is 16.6. The maximum atomic E-state index is 10.6. The number of nitro benzene ring substituents is 1. The van der Waals surface area contributed by atoms with Crippen LogP contribution in [0, 0.1) is 24.0 Å². The third-order valence-electron chi connectivity index (χ3n) is 1.94. The molecule has 1 aromatic carbocycles. The fourth-order valence-electron chi connectivity index (χ4n) is 1.21. The molecule has 0 amide bonds. The smallest absolute Gasteiger partial charge is 0.283 e. The number of rotatable bonds is 2. The Kier molecular flexibility index (Phi) is 2.41. The molecule has 0 unspecified atom stereocenters. The number of nitrogens with zero attached hydrogens (tertiary/aromatic N) is 1. The zero-order valence-electron chi connectivity index (χ0n) is 7.40. The van der Waals surface area contributed by atoms with Crippen molar-refractivity contribution in [1.29, 1.82) is 0 Å². The highest BCUT2D eigenvalue weighted by molar-refractivity contribution is 5.84. The second-order valence-corrected chi connectivity index (χ2v) is 2.84. The van der Waals surface area contributed by atoms with Gasteiger partial charge in [0.1, 0.15) is 0 Å². The van der Waals surface area contributed by atoms with Crippen LogP contribution in [0.4, 0.5) is 5.69 Å². The van der Waals surface area contributed by atoms with E-state index in [1.165, 1.54) is 0 Å². The highest BCUT2D eigenvalue weighted by Gasteiger charge is 2.18. The first-order valence-electron chi connectivity index (χ1n) is 3.77. The van der Waals surface area contributed by atoms with Crippen molar-refractivity contribution in [3.8, 4) is 0 Å². The highest BCUT2D eigenvalue weighted by Crippen LogP contribution is 2.24. The van der Waals surface area contributed by atoms with Crippen LogP contribution in [0.2, 0.25) is 0 Å². The van der Waals surface area contributed by atoms with Gasteiger partial charge in [-0.3, -0.25) is 14.9 Å². The summed E-state index contributed by atoms with van der Waals surface area (Å²) in [5.74, 6) is 0. The monoisotopic (exact) mass is 179 g/mol. The second kappa shape index (κ2) is 3.35. The number of aldehydes is 1. The van der Waals surface area contributed by atoms with Crippen molar-refractivity contribution in [2.75, 3.05) is 0 Å². The summed E-state index contributed by atoms with van der Waals surface area (Å²) in [5, 5.41) is 10.6. The van der Waals surface area contributed by atoms with E-state index < -0.39 is 4.92 Å². The summed E-state index contributed by atoms with van der Waals surface area (Å²) in [6.45, 7) is 3.29. The largest absolute Gasteiger partial charge is 0.298 e. The molecule has 0 spiro atoms. The van der Waals surface area contributed by atoms with Crippen LogP contribution in [0.3, 0.4) is 0 Å². The number of carbonyl (C=O) groups is 1. The van der Waals surface area contributed by atoms with Gasteiger partial charge in [0, 0.05) is 5.56 Å². The van der Waals surface area contributed by atoms with E-state index in [4.69, 9.17) is 0 Å². The van der Waals surface area contributed by atoms with Gasteiger partial charge in [0.25, 0.3) is 5.69 Å². The number of nitro groups is 1. The zero-order chi connectivity index (χ0) is 10.0. The molecule has 0 saturated carbocycles. The Morgan fingerprint density at radius 1 is 1.31 bits per heavy atom. The number of aryl methyl sites for hydroxylation is 2. The average molecular weight is 179 g/mol. The van der Waals surface area contributed by atoms with Crippen LogP contribution in [0.5, 0.6) is 0 Å². The topological polar surface area (TPSA) is 60.2 Å². The lowest BCUT2D eigenvalue weighted by molar-refractivity contribution is -0.385. The van der Waals surface area contributed by atoms with Gasteiger partial charge >= 0.3 is 0 Å². The molecule has 0 N–H and O–H groups in total. The van der Waals surface area contributed by atoms with Crippen LogP contribution in [0.1, 0.15) is 21.5 Å². The van der Waals surface area contributed by atoms with Gasteiger partial charge in [-0.15, -0.1) is 0 Å². The van der Waals surface area contributed by atoms with Crippen LogP contribution in [-0.4, -0.2) is 11.2 Å². The SMILES string of the molecule is Cc1ccc(C)c([N+](=O)[O-])c1C=O. The van der Waals surface area contributed by atoms with Crippen molar-refractivity contribution in [2.45, 2.75) is 13.8 Å². The van der Waals surface area contributed by atoms with Gasteiger partial charge in [-0.1, -0.05) is 12.1 Å². The summed E-state index contributed by atoms with van der Waals surface area (Å²) in [5.41, 5.74) is 1.23. The summed E-state index contributed by atoms with van der Waals surface area (Å²) in [7, 11) is 0. The molecule has 13 heavy (non-hydrogen) atoms. The molecular formula is C9H9NO3. The summed E-state index contributed by atoms with van der Waals surface area (Å²) < 4.78 is 0. The number of hydrogen-bond donors (Lipinski definition) is 0. The van der Waals surface area contributed by atoms with Crippen LogP contribution in [-0.2, 0) is 0 Å². The fraction of sp³-hybridized carbons (Fsp3) is 0.222. The molecule has 0 aliphatic rings. The van der Waals surface area contributed by atoms with E-state index in [2.05, 4.69) is 0 Å². The van der Waals surface area contributed by atoms with Gasteiger partial charge in [-0.25, -0.2) is 0 Å². The van der Waals surface area contributed by atoms with Crippen molar-refractivity contribution < 1.29 is 9.72 Å². The number of carbonyl (C=O) groups excluding carboxylic acids is 1. The Labute approximate surface area is 75.3 Å². The minimum atomic E-state index is -0.522. The lowest BCUT2D eigenvalue weighted by Crippen LogP contribution is -1.99. The Balaban J connectivity index is 3.52. The molecule has 4 nitrogen and oxygen atoms in total. The zero-order valence-corrected chi connectivity index (χ0v) is 7.40. The molecule has 4 heteroatoms. The van der Waals surface area contributed by atoms with Crippen molar-refractivity contribution in [2.24, 2.45) is 0 Å². The first-order chi connectivity index (χ1) is 6.07. The minimum Gasteiger partial charge on any atom is -0.298 e. The fourth-order valence-corrected chi connectivity index (χ4v) is 1.21. The van der Waals surface area contributed by atoms with E-state index in [-0.39, 0.29) is 11.3 Å². The predicted molar refractivity (Wildman–Crippen MR) is 48.0 cm³/mol. The van der Waals surface area contributed by atoms with Crippen LogP contribution in [0.15, 0.2) is 12.1 Å². The Morgan fingerprint density at radius 2 is 1.85 bits per heavy atom. The molecule has 0 heterocycles. The van der Waals surface area contributed by atoms with Crippen LogP contribution < -0.4 is 0 Å². The van der Waals surface area contributed by atoms with E-state index in [9.17, 15) is 14.9 Å². The van der Waals surface area contributed by atoms with Crippen molar-refractivity contribution in [1.82, 2.24) is 0 Å². The molecule has 0 fully saturated rings. The first kappa shape index (κ1) is 9.38. The molecule has 0 bridgehead atoms. The van der Waals surface area contributed by atoms with Gasteiger partial charge in [-0.2, -0.15) is 0 Å². The summed E-state index contributed by atoms with van der Waals surface area (Å²) in [6, 6.07) is 3.34. The van der Waals surface area contributed by atoms with Gasteiger partial charge in [0.15, 0.2) is 6.29 Å². The quantitative estimate of drug-likeness (QED) is 0.396. The van der Waals surface area contributed by atoms with Crippen LogP contribution >= 0.6 is 0 Å². The Hall–Kier alpha value is -1.71. The molecule has 68 valence electrons. The number of benzene rings is 1. The third kappa shape index (κ3) is 1.56. The molecular weight excluding hydrogens is 170 g/mol. The van der Waals surface area contributed by atoms with E-state index in [1.807, 2.05) is 0 Å². The van der Waals surface area contributed by atoms with Gasteiger partial charge in [-0.05, 0) is 19.4 Å². The van der Waals surface area contributed by atoms with Crippen molar-refractivity contribution >= 4 is 12.0 Å².